The minimum absolute atomic E-state index is 0. The van der Waals surface area contributed by atoms with Crippen molar-refractivity contribution < 1.29 is 28.9 Å². The quantitative estimate of drug-likeness (QED) is 0.261. The first kappa shape index (κ1) is 25.8. The van der Waals surface area contributed by atoms with E-state index in [4.69, 9.17) is 16.3 Å². The molecule has 0 aliphatic heterocycles. The van der Waals surface area contributed by atoms with Crippen LogP contribution in [-0.2, 0) is 35.8 Å². The Morgan fingerprint density at radius 1 is 1.00 bits per heavy atom. The fraction of sp³-hybridized carbons (Fsp3) is 1.00. The summed E-state index contributed by atoms with van der Waals surface area (Å²) in [6.07, 6.45) is 9.64. The van der Waals surface area contributed by atoms with Gasteiger partial charge in [-0.15, -0.1) is 0 Å². The second kappa shape index (κ2) is 16.0. The van der Waals surface area contributed by atoms with E-state index in [1.54, 1.807) is 0 Å². The monoisotopic (exact) mass is 418 g/mol. The minimum atomic E-state index is -2.64. The molecule has 6 heteroatoms. The third-order valence-corrected chi connectivity index (χ3v) is 8.46. The van der Waals surface area contributed by atoms with Crippen molar-refractivity contribution in [1.82, 2.24) is 0 Å². The average molecular weight is 420 g/mol. The zero-order valence-corrected chi connectivity index (χ0v) is 20.5. The summed E-state index contributed by atoms with van der Waals surface area (Å²) in [5.41, 5.74) is -2.64. The van der Waals surface area contributed by atoms with Gasteiger partial charge in [-0.3, -0.25) is 0 Å². The Morgan fingerprint density at radius 3 is 1.95 bits per heavy atom. The molecule has 0 aromatic heterocycles. The first-order valence-corrected chi connectivity index (χ1v) is 12.9. The first-order valence-electron chi connectivity index (χ1n) is 8.60. The molecular formula is C16H35O2PS2Zn. The van der Waals surface area contributed by atoms with Crippen LogP contribution in [0.15, 0.2) is 0 Å². The predicted molar refractivity (Wildman–Crippen MR) is 102 cm³/mol. The van der Waals surface area contributed by atoms with Crippen molar-refractivity contribution >= 4 is 28.9 Å². The smallest absolute Gasteiger partial charge is 0.244 e. The Morgan fingerprint density at radius 2 is 1.50 bits per heavy atom. The topological polar surface area (TPSA) is 29.5 Å². The van der Waals surface area contributed by atoms with Gasteiger partial charge in [-0.05, 0) is 36.5 Å². The van der Waals surface area contributed by atoms with E-state index in [0.29, 0.717) is 18.4 Å². The van der Waals surface area contributed by atoms with Crippen molar-refractivity contribution in [1.29, 1.82) is 0 Å². The summed E-state index contributed by atoms with van der Waals surface area (Å²) in [5.74, 6) is 2.15. The van der Waals surface area contributed by atoms with Crippen molar-refractivity contribution in [2.75, 3.05) is 12.4 Å². The molecular weight excluding hydrogens is 385 g/mol. The van der Waals surface area contributed by atoms with Crippen molar-refractivity contribution in [3.8, 4) is 0 Å². The predicted octanol–water partition coefficient (Wildman–Crippen LogP) is 6.38. The summed E-state index contributed by atoms with van der Waals surface area (Å²) in [7, 11) is 0. The molecule has 0 fully saturated rings. The fourth-order valence-corrected chi connectivity index (χ4v) is 5.84. The minimum Gasteiger partial charge on any atom is -0.337 e. The van der Waals surface area contributed by atoms with Gasteiger partial charge in [0.1, 0.15) is 0 Å². The summed E-state index contributed by atoms with van der Waals surface area (Å²) >= 11 is 6.81. The number of hydrogen-bond donors (Lipinski definition) is 1. The van der Waals surface area contributed by atoms with E-state index in [1.807, 2.05) is 0 Å². The molecule has 3 unspecified atom stereocenters. The van der Waals surface area contributed by atoms with Crippen LogP contribution in [0, 0.1) is 11.8 Å². The van der Waals surface area contributed by atoms with Crippen LogP contribution in [0.2, 0.25) is 0 Å². The molecule has 0 aromatic rings. The van der Waals surface area contributed by atoms with Crippen molar-refractivity contribution in [3.05, 3.63) is 0 Å². The molecule has 0 bridgehead atoms. The van der Waals surface area contributed by atoms with E-state index in [1.165, 1.54) is 49.9 Å². The molecule has 0 radical (unpaired) electrons. The molecule has 22 heavy (non-hydrogen) atoms. The SMILES string of the molecule is CCCCC(CC)COP(O)(=S)SCC(CC)CCCC.[Zn]. The Bertz CT molecular complexity index is 269. The Kier molecular flexibility index (Phi) is 18.8. The Balaban J connectivity index is 0. The van der Waals surface area contributed by atoms with Crippen LogP contribution in [-0.4, -0.2) is 17.3 Å². The van der Waals surface area contributed by atoms with E-state index in [0.717, 1.165) is 18.6 Å². The third kappa shape index (κ3) is 13.9. The van der Waals surface area contributed by atoms with Gasteiger partial charge in [-0.2, -0.15) is 0 Å². The zero-order valence-electron chi connectivity index (χ0n) is 15.1. The standard InChI is InChI=1S/C16H35O2PS2.Zn/c1-5-9-11-15(7-3)13-18-19(17,20)21-14-16(8-4)12-10-6-2;/h15-16H,5-14H2,1-4H3,(H,17,20);. The van der Waals surface area contributed by atoms with Crippen molar-refractivity contribution in [3.63, 3.8) is 0 Å². The molecule has 0 amide bonds. The van der Waals surface area contributed by atoms with Gasteiger partial charge in [0.2, 0.25) is 5.69 Å². The van der Waals surface area contributed by atoms with Crippen LogP contribution in [0.1, 0.15) is 79.1 Å². The molecule has 130 valence electrons. The van der Waals surface area contributed by atoms with Crippen molar-refractivity contribution in [2.24, 2.45) is 11.8 Å². The van der Waals surface area contributed by atoms with Gasteiger partial charge in [0, 0.05) is 25.2 Å². The molecule has 2 nitrogen and oxygen atoms in total. The molecule has 0 saturated carbocycles. The second-order valence-electron chi connectivity index (χ2n) is 5.89. The van der Waals surface area contributed by atoms with E-state index in [9.17, 15) is 4.89 Å². The maximum Gasteiger partial charge on any atom is 0.244 e. The molecule has 0 aliphatic rings. The summed E-state index contributed by atoms with van der Waals surface area (Å²) in [6, 6.07) is 0. The molecule has 0 rings (SSSR count). The number of hydrogen-bond acceptors (Lipinski definition) is 3. The summed E-state index contributed by atoms with van der Waals surface area (Å²) in [4.78, 5) is 10.3. The van der Waals surface area contributed by atoms with Crippen LogP contribution in [0.5, 0.6) is 0 Å². The average Bonchev–Trinajstić information content (AvgIpc) is 2.47. The fourth-order valence-electron chi connectivity index (χ4n) is 2.23. The number of rotatable bonds is 14. The second-order valence-corrected chi connectivity index (χ2v) is 12.1. The van der Waals surface area contributed by atoms with E-state index in [2.05, 4.69) is 27.7 Å². The van der Waals surface area contributed by atoms with Gasteiger partial charge < -0.3 is 9.42 Å². The van der Waals surface area contributed by atoms with Crippen LogP contribution in [0.4, 0.5) is 0 Å². The molecule has 0 heterocycles. The maximum absolute atomic E-state index is 10.3. The summed E-state index contributed by atoms with van der Waals surface area (Å²) < 4.78 is 5.72. The van der Waals surface area contributed by atoms with E-state index < -0.39 is 5.69 Å². The van der Waals surface area contributed by atoms with Crippen molar-refractivity contribution in [2.45, 2.75) is 79.1 Å². The molecule has 0 aromatic carbocycles. The van der Waals surface area contributed by atoms with Gasteiger partial charge >= 0.3 is 0 Å². The first-order chi connectivity index (χ1) is 9.99. The van der Waals surface area contributed by atoms with Gasteiger partial charge in [0.25, 0.3) is 0 Å². The molecule has 0 aliphatic carbocycles. The van der Waals surface area contributed by atoms with Crippen LogP contribution in [0.3, 0.4) is 0 Å². The van der Waals surface area contributed by atoms with Gasteiger partial charge in [0.05, 0.1) is 6.61 Å². The summed E-state index contributed by atoms with van der Waals surface area (Å²) in [5, 5.41) is 0. The van der Waals surface area contributed by atoms with Gasteiger partial charge in [0.15, 0.2) is 0 Å². The van der Waals surface area contributed by atoms with Crippen LogP contribution in [0.25, 0.3) is 0 Å². The third-order valence-electron chi connectivity index (χ3n) is 4.03. The normalized spacial score (nSPS) is 16.6. The number of unbranched alkanes of at least 4 members (excludes halogenated alkanes) is 2. The Labute approximate surface area is 160 Å². The maximum atomic E-state index is 10.3. The summed E-state index contributed by atoms with van der Waals surface area (Å²) in [6.45, 7) is 9.47. The van der Waals surface area contributed by atoms with Gasteiger partial charge in [-0.25, -0.2) is 0 Å². The van der Waals surface area contributed by atoms with Crippen LogP contribution >= 0.6 is 17.1 Å². The molecule has 3 atom stereocenters. The molecule has 0 spiro atoms. The largest absolute Gasteiger partial charge is 0.337 e. The zero-order chi connectivity index (χ0) is 16.1. The van der Waals surface area contributed by atoms with E-state index >= 15 is 0 Å². The molecule has 1 N–H and O–H groups in total. The molecule has 0 saturated heterocycles. The van der Waals surface area contributed by atoms with Gasteiger partial charge in [-0.1, -0.05) is 77.6 Å². The van der Waals surface area contributed by atoms with E-state index in [-0.39, 0.29) is 19.5 Å². The Hall–Kier alpha value is 1.54. The van der Waals surface area contributed by atoms with Crippen LogP contribution < -0.4 is 0 Å².